The first-order valence-corrected chi connectivity index (χ1v) is 9.14. The van der Waals surface area contributed by atoms with Crippen LogP contribution in [-0.4, -0.2) is 49.4 Å². The van der Waals surface area contributed by atoms with Gasteiger partial charge >= 0.3 is 0 Å². The first-order valence-electron chi connectivity index (χ1n) is 9.14. The number of carbonyl (C=O) groups excluding carboxylic acids is 2. The van der Waals surface area contributed by atoms with Crippen LogP contribution in [0.25, 0.3) is 0 Å². The summed E-state index contributed by atoms with van der Waals surface area (Å²) in [4.78, 5) is 31.0. The zero-order valence-electron chi connectivity index (χ0n) is 15.0. The number of hydrogen-bond donors (Lipinski definition) is 0. The summed E-state index contributed by atoms with van der Waals surface area (Å²) in [5.74, 6) is -0.412. The number of carbonyl (C=O) groups is 2. The van der Waals surface area contributed by atoms with Crippen LogP contribution in [-0.2, 0) is 9.59 Å². The molecule has 136 valence electrons. The van der Waals surface area contributed by atoms with E-state index >= 15 is 0 Å². The molecule has 6 heteroatoms. The van der Waals surface area contributed by atoms with Gasteiger partial charge in [-0.3, -0.25) is 9.59 Å². The summed E-state index contributed by atoms with van der Waals surface area (Å²) in [6, 6.07) is 4.16. The highest BCUT2D eigenvalue weighted by Gasteiger charge is 2.36. The molecular formula is C19H26FN3O2. The summed E-state index contributed by atoms with van der Waals surface area (Å²) in [7, 11) is 1.96. The lowest BCUT2D eigenvalue weighted by molar-refractivity contribution is -0.141. The fourth-order valence-electron chi connectivity index (χ4n) is 3.84. The number of amides is 2. The van der Waals surface area contributed by atoms with Crippen LogP contribution in [0.3, 0.4) is 0 Å². The van der Waals surface area contributed by atoms with Crippen LogP contribution in [0.15, 0.2) is 18.2 Å². The first-order chi connectivity index (χ1) is 12.0. The second-order valence-electron chi connectivity index (χ2n) is 6.85. The predicted molar refractivity (Wildman–Crippen MR) is 96.3 cm³/mol. The maximum atomic E-state index is 13.9. The predicted octanol–water partition coefficient (Wildman–Crippen LogP) is 2.79. The van der Waals surface area contributed by atoms with Crippen LogP contribution in [0.5, 0.6) is 0 Å². The molecule has 0 bridgehead atoms. The third kappa shape index (κ3) is 3.48. The van der Waals surface area contributed by atoms with Crippen LogP contribution < -0.4 is 9.80 Å². The van der Waals surface area contributed by atoms with Gasteiger partial charge in [0.15, 0.2) is 0 Å². The van der Waals surface area contributed by atoms with Crippen molar-refractivity contribution in [2.45, 2.75) is 45.1 Å². The Labute approximate surface area is 148 Å². The molecule has 1 aromatic carbocycles. The van der Waals surface area contributed by atoms with E-state index in [1.54, 1.807) is 15.9 Å². The van der Waals surface area contributed by atoms with Crippen molar-refractivity contribution in [2.75, 3.05) is 36.5 Å². The molecule has 5 nitrogen and oxygen atoms in total. The molecule has 1 aromatic rings. The molecule has 0 spiro atoms. The highest BCUT2D eigenvalue weighted by molar-refractivity contribution is 6.01. The molecule has 2 amide bonds. The van der Waals surface area contributed by atoms with Gasteiger partial charge in [0.1, 0.15) is 11.9 Å². The van der Waals surface area contributed by atoms with Gasteiger partial charge in [-0.2, -0.15) is 0 Å². The van der Waals surface area contributed by atoms with Crippen LogP contribution in [0, 0.1) is 5.82 Å². The van der Waals surface area contributed by atoms with Crippen molar-refractivity contribution in [3.05, 3.63) is 24.0 Å². The molecule has 0 N–H and O–H groups in total. The molecule has 2 aliphatic rings. The summed E-state index contributed by atoms with van der Waals surface area (Å²) < 4.78 is 13.9. The van der Waals surface area contributed by atoms with Crippen molar-refractivity contribution in [2.24, 2.45) is 0 Å². The Bertz CT molecular complexity index is 664. The number of hydrogen-bond acceptors (Lipinski definition) is 3. The molecule has 0 saturated carbocycles. The van der Waals surface area contributed by atoms with Crippen molar-refractivity contribution in [3.63, 3.8) is 0 Å². The van der Waals surface area contributed by atoms with Gasteiger partial charge in [0, 0.05) is 33.1 Å². The Morgan fingerprint density at radius 3 is 2.68 bits per heavy atom. The minimum absolute atomic E-state index is 0.0180. The van der Waals surface area contributed by atoms with Crippen LogP contribution in [0.1, 0.15) is 39.0 Å². The molecule has 3 rings (SSSR count). The zero-order chi connectivity index (χ0) is 18.0. The highest BCUT2D eigenvalue weighted by Crippen LogP contribution is 2.34. The quantitative estimate of drug-likeness (QED) is 0.826. The molecule has 2 heterocycles. The molecule has 0 aromatic heterocycles. The lowest BCUT2D eigenvalue weighted by Crippen LogP contribution is -2.53. The van der Waals surface area contributed by atoms with E-state index in [-0.39, 0.29) is 17.6 Å². The second kappa shape index (κ2) is 7.42. The van der Waals surface area contributed by atoms with Gasteiger partial charge in [-0.1, -0.05) is 6.92 Å². The topological polar surface area (TPSA) is 43.9 Å². The average Bonchev–Trinajstić information content (AvgIpc) is 2.79. The number of nitrogens with zero attached hydrogens (tertiary/aromatic N) is 3. The van der Waals surface area contributed by atoms with Crippen LogP contribution >= 0.6 is 0 Å². The van der Waals surface area contributed by atoms with Gasteiger partial charge in [0.2, 0.25) is 11.8 Å². The maximum Gasteiger partial charge on any atom is 0.249 e. The van der Waals surface area contributed by atoms with E-state index in [0.29, 0.717) is 31.6 Å². The van der Waals surface area contributed by atoms with Gasteiger partial charge in [0.05, 0.1) is 11.4 Å². The van der Waals surface area contributed by atoms with Gasteiger partial charge < -0.3 is 14.7 Å². The van der Waals surface area contributed by atoms with E-state index in [4.69, 9.17) is 0 Å². The summed E-state index contributed by atoms with van der Waals surface area (Å²) in [5.41, 5.74) is 1.47. The van der Waals surface area contributed by atoms with Gasteiger partial charge in [-0.25, -0.2) is 4.39 Å². The summed E-state index contributed by atoms with van der Waals surface area (Å²) in [5, 5.41) is 0. The standard InChI is InChI=1S/C19H26FN3O2/c1-3-18(24)22-11-5-4-7-16(22)19(25)23-12-6-10-21(2)15-9-8-14(20)13-17(15)23/h8-9,13,16H,3-7,10-12H2,1-2H3/t16-/m1/s1. The number of anilines is 2. The zero-order valence-corrected chi connectivity index (χ0v) is 15.0. The van der Waals surface area contributed by atoms with Crippen molar-refractivity contribution in [3.8, 4) is 0 Å². The third-order valence-electron chi connectivity index (χ3n) is 5.19. The van der Waals surface area contributed by atoms with E-state index in [9.17, 15) is 14.0 Å². The van der Waals surface area contributed by atoms with Crippen molar-refractivity contribution in [1.82, 2.24) is 4.90 Å². The maximum absolute atomic E-state index is 13.9. The SMILES string of the molecule is CCC(=O)N1CCCC[C@@H]1C(=O)N1CCCN(C)c2ccc(F)cc21. The molecule has 1 fully saturated rings. The van der Waals surface area contributed by atoms with E-state index in [1.807, 2.05) is 14.0 Å². The van der Waals surface area contributed by atoms with Crippen molar-refractivity contribution < 1.29 is 14.0 Å². The van der Waals surface area contributed by atoms with E-state index in [2.05, 4.69) is 4.90 Å². The van der Waals surface area contributed by atoms with Crippen molar-refractivity contribution in [1.29, 1.82) is 0 Å². The van der Waals surface area contributed by atoms with Crippen molar-refractivity contribution >= 4 is 23.2 Å². The van der Waals surface area contributed by atoms with Crippen LogP contribution in [0.4, 0.5) is 15.8 Å². The highest BCUT2D eigenvalue weighted by atomic mass is 19.1. The minimum atomic E-state index is -0.430. The molecular weight excluding hydrogens is 321 g/mol. The normalized spacial score (nSPS) is 20.9. The lowest BCUT2D eigenvalue weighted by Gasteiger charge is -2.37. The number of likely N-dealkylation sites (tertiary alicyclic amines) is 1. The van der Waals surface area contributed by atoms with Crippen LogP contribution in [0.2, 0.25) is 0 Å². The second-order valence-corrected chi connectivity index (χ2v) is 6.85. The van der Waals surface area contributed by atoms with Gasteiger partial charge in [-0.15, -0.1) is 0 Å². The number of fused-ring (bicyclic) bond motifs is 1. The molecule has 1 atom stereocenters. The molecule has 0 unspecified atom stereocenters. The van der Waals surface area contributed by atoms with Gasteiger partial charge in [-0.05, 0) is 43.9 Å². The number of benzene rings is 1. The lowest BCUT2D eigenvalue weighted by atomic mass is 10.00. The smallest absolute Gasteiger partial charge is 0.249 e. The Morgan fingerprint density at radius 1 is 1.12 bits per heavy atom. The molecule has 25 heavy (non-hydrogen) atoms. The molecule has 2 aliphatic heterocycles. The average molecular weight is 347 g/mol. The van der Waals surface area contributed by atoms with E-state index in [1.165, 1.54) is 12.1 Å². The minimum Gasteiger partial charge on any atom is -0.373 e. The van der Waals surface area contributed by atoms with E-state index in [0.717, 1.165) is 31.5 Å². The summed E-state index contributed by atoms with van der Waals surface area (Å²) in [6.45, 7) is 3.81. The van der Waals surface area contributed by atoms with E-state index < -0.39 is 6.04 Å². The third-order valence-corrected chi connectivity index (χ3v) is 5.19. The Hall–Kier alpha value is -2.11. The number of rotatable bonds is 2. The number of halogens is 1. The molecule has 0 aliphatic carbocycles. The first kappa shape index (κ1) is 17.7. The fourth-order valence-corrected chi connectivity index (χ4v) is 3.84. The van der Waals surface area contributed by atoms with Gasteiger partial charge in [0.25, 0.3) is 0 Å². The summed E-state index contributed by atoms with van der Waals surface area (Å²) >= 11 is 0. The Balaban J connectivity index is 1.94. The molecule has 1 saturated heterocycles. The fraction of sp³-hybridized carbons (Fsp3) is 0.579. The number of piperidine rings is 1. The monoisotopic (exact) mass is 347 g/mol. The largest absolute Gasteiger partial charge is 0.373 e. The summed E-state index contributed by atoms with van der Waals surface area (Å²) in [6.07, 6.45) is 3.77. The molecule has 0 radical (unpaired) electrons. The Kier molecular flexibility index (Phi) is 5.25. The Morgan fingerprint density at radius 2 is 1.92 bits per heavy atom.